The number of nitrogens with one attached hydrogen (secondary N) is 1. The Balaban J connectivity index is 2.30. The Morgan fingerprint density at radius 1 is 1.62 bits per heavy atom. The van der Waals surface area contributed by atoms with Gasteiger partial charge in [0.2, 0.25) is 0 Å². The van der Waals surface area contributed by atoms with Crippen molar-refractivity contribution in [1.29, 1.82) is 0 Å². The zero-order chi connectivity index (χ0) is 9.68. The minimum Gasteiger partial charge on any atom is -0.378 e. The molecule has 2 unspecified atom stereocenters. The number of nitrogens with zero attached hydrogens (tertiary/aromatic N) is 1. The van der Waals surface area contributed by atoms with Crippen molar-refractivity contribution in [2.75, 3.05) is 40.4 Å². The zero-order valence-corrected chi connectivity index (χ0v) is 9.05. The summed E-state index contributed by atoms with van der Waals surface area (Å²) in [7, 11) is 4.21. The Morgan fingerprint density at radius 3 is 3.00 bits per heavy atom. The lowest BCUT2D eigenvalue weighted by molar-refractivity contribution is -0.0153. The summed E-state index contributed by atoms with van der Waals surface area (Å²) < 4.78 is 5.49. The van der Waals surface area contributed by atoms with Crippen LogP contribution in [0.15, 0.2) is 0 Å². The van der Waals surface area contributed by atoms with Gasteiger partial charge in [0.05, 0.1) is 13.2 Å². The molecule has 1 N–H and O–H groups in total. The molecule has 1 aliphatic heterocycles. The Morgan fingerprint density at radius 2 is 2.38 bits per heavy atom. The molecule has 1 fully saturated rings. The van der Waals surface area contributed by atoms with Crippen LogP contribution in [0.3, 0.4) is 0 Å². The first-order valence-corrected chi connectivity index (χ1v) is 5.18. The average Bonchev–Trinajstić information content (AvgIpc) is 2.15. The molecular formula is C10H22N2O. The normalized spacial score (nSPS) is 27.5. The van der Waals surface area contributed by atoms with E-state index in [9.17, 15) is 0 Å². The topological polar surface area (TPSA) is 24.5 Å². The minimum atomic E-state index is 0.613. The molecule has 0 aromatic rings. The van der Waals surface area contributed by atoms with Gasteiger partial charge in [0.15, 0.2) is 0 Å². The van der Waals surface area contributed by atoms with Gasteiger partial charge >= 0.3 is 0 Å². The first-order chi connectivity index (χ1) is 6.25. The van der Waals surface area contributed by atoms with Crippen LogP contribution in [0.5, 0.6) is 0 Å². The summed E-state index contributed by atoms with van der Waals surface area (Å²) in [5.41, 5.74) is 0. The van der Waals surface area contributed by atoms with E-state index >= 15 is 0 Å². The van der Waals surface area contributed by atoms with Crippen LogP contribution in [0.2, 0.25) is 0 Å². The fourth-order valence-electron chi connectivity index (χ4n) is 1.87. The number of rotatable bonds is 4. The zero-order valence-electron chi connectivity index (χ0n) is 9.05. The van der Waals surface area contributed by atoms with Crippen molar-refractivity contribution in [1.82, 2.24) is 10.2 Å². The Kier molecular flexibility index (Phi) is 4.70. The molecule has 1 saturated heterocycles. The number of morpholine rings is 1. The maximum atomic E-state index is 5.49. The number of hydrogen-bond acceptors (Lipinski definition) is 3. The van der Waals surface area contributed by atoms with Gasteiger partial charge in [-0.1, -0.05) is 6.92 Å². The molecule has 0 radical (unpaired) electrons. The maximum absolute atomic E-state index is 5.49. The van der Waals surface area contributed by atoms with Gasteiger partial charge in [-0.2, -0.15) is 0 Å². The second kappa shape index (κ2) is 5.58. The molecule has 1 aliphatic rings. The molecule has 78 valence electrons. The first kappa shape index (κ1) is 11.0. The van der Waals surface area contributed by atoms with Crippen LogP contribution in [0.4, 0.5) is 0 Å². The first-order valence-electron chi connectivity index (χ1n) is 5.18. The lowest BCUT2D eigenvalue weighted by Gasteiger charge is -2.36. The van der Waals surface area contributed by atoms with Crippen molar-refractivity contribution in [2.45, 2.75) is 19.4 Å². The molecule has 0 aromatic carbocycles. The van der Waals surface area contributed by atoms with E-state index in [1.54, 1.807) is 0 Å². The molecule has 1 rings (SSSR count). The Bertz CT molecular complexity index is 141. The van der Waals surface area contributed by atoms with Crippen molar-refractivity contribution < 1.29 is 4.74 Å². The second-order valence-electron chi connectivity index (χ2n) is 3.99. The SMILES string of the molecule is CNCCC(C)C1COCCN1C. The van der Waals surface area contributed by atoms with E-state index in [2.05, 4.69) is 24.2 Å². The summed E-state index contributed by atoms with van der Waals surface area (Å²) in [6.07, 6.45) is 1.23. The molecule has 0 bridgehead atoms. The molecule has 13 heavy (non-hydrogen) atoms. The van der Waals surface area contributed by atoms with Gasteiger partial charge in [0.1, 0.15) is 0 Å². The summed E-state index contributed by atoms with van der Waals surface area (Å²) in [5, 5.41) is 3.19. The predicted molar refractivity (Wildman–Crippen MR) is 54.9 cm³/mol. The summed E-state index contributed by atoms with van der Waals surface area (Å²) in [4.78, 5) is 2.42. The quantitative estimate of drug-likeness (QED) is 0.694. The average molecular weight is 186 g/mol. The Hall–Kier alpha value is -0.120. The van der Waals surface area contributed by atoms with Gasteiger partial charge < -0.3 is 10.1 Å². The maximum Gasteiger partial charge on any atom is 0.0624 e. The lowest BCUT2D eigenvalue weighted by Crippen LogP contribution is -2.46. The second-order valence-corrected chi connectivity index (χ2v) is 3.99. The number of likely N-dealkylation sites (N-methyl/N-ethyl adjacent to an activating group) is 1. The third-order valence-electron chi connectivity index (χ3n) is 2.95. The largest absolute Gasteiger partial charge is 0.378 e. The highest BCUT2D eigenvalue weighted by Gasteiger charge is 2.24. The van der Waals surface area contributed by atoms with Crippen LogP contribution < -0.4 is 5.32 Å². The van der Waals surface area contributed by atoms with Gasteiger partial charge in [-0.25, -0.2) is 0 Å². The molecule has 1 heterocycles. The highest BCUT2D eigenvalue weighted by Crippen LogP contribution is 2.16. The van der Waals surface area contributed by atoms with E-state index in [0.717, 1.165) is 32.2 Å². The fraction of sp³-hybridized carbons (Fsp3) is 1.00. The highest BCUT2D eigenvalue weighted by molar-refractivity contribution is 4.77. The summed E-state index contributed by atoms with van der Waals surface area (Å²) >= 11 is 0. The third kappa shape index (κ3) is 3.25. The Labute approximate surface area is 81.4 Å². The van der Waals surface area contributed by atoms with E-state index in [-0.39, 0.29) is 0 Å². The van der Waals surface area contributed by atoms with Crippen LogP contribution in [0.25, 0.3) is 0 Å². The molecule has 0 spiro atoms. The van der Waals surface area contributed by atoms with Gasteiger partial charge in [0.25, 0.3) is 0 Å². The van der Waals surface area contributed by atoms with Crippen molar-refractivity contribution in [3.8, 4) is 0 Å². The molecule has 2 atom stereocenters. The predicted octanol–water partition coefficient (Wildman–Crippen LogP) is 0.563. The molecule has 0 amide bonds. The standard InChI is InChI=1S/C10H22N2O/c1-9(4-5-11-2)10-8-13-7-6-12(10)3/h9-11H,4-8H2,1-3H3. The van der Waals surface area contributed by atoms with Crippen molar-refractivity contribution >= 4 is 0 Å². The molecule has 3 heteroatoms. The van der Waals surface area contributed by atoms with Gasteiger partial charge in [-0.15, -0.1) is 0 Å². The summed E-state index contributed by atoms with van der Waals surface area (Å²) in [6.45, 7) is 6.29. The van der Waals surface area contributed by atoms with E-state index in [4.69, 9.17) is 4.74 Å². The fourth-order valence-corrected chi connectivity index (χ4v) is 1.87. The van der Waals surface area contributed by atoms with Crippen molar-refractivity contribution in [3.63, 3.8) is 0 Å². The van der Waals surface area contributed by atoms with Gasteiger partial charge in [-0.05, 0) is 33.0 Å². The molecule has 0 aliphatic carbocycles. The number of ether oxygens (including phenoxy) is 1. The van der Waals surface area contributed by atoms with Crippen LogP contribution in [-0.2, 0) is 4.74 Å². The number of hydrogen-bond donors (Lipinski definition) is 1. The van der Waals surface area contributed by atoms with Crippen LogP contribution in [0.1, 0.15) is 13.3 Å². The molecule has 3 nitrogen and oxygen atoms in total. The third-order valence-corrected chi connectivity index (χ3v) is 2.95. The van der Waals surface area contributed by atoms with Crippen LogP contribution in [-0.4, -0.2) is 51.3 Å². The monoisotopic (exact) mass is 186 g/mol. The smallest absolute Gasteiger partial charge is 0.0624 e. The van der Waals surface area contributed by atoms with Crippen LogP contribution in [0, 0.1) is 5.92 Å². The molecule has 0 saturated carbocycles. The van der Waals surface area contributed by atoms with Gasteiger partial charge in [0, 0.05) is 12.6 Å². The molecule has 0 aromatic heterocycles. The highest BCUT2D eigenvalue weighted by atomic mass is 16.5. The lowest BCUT2D eigenvalue weighted by atomic mass is 9.97. The summed E-state index contributed by atoms with van der Waals surface area (Å²) in [5.74, 6) is 0.720. The van der Waals surface area contributed by atoms with Gasteiger partial charge in [-0.3, -0.25) is 4.90 Å². The van der Waals surface area contributed by atoms with E-state index in [1.807, 2.05) is 7.05 Å². The van der Waals surface area contributed by atoms with Crippen LogP contribution >= 0.6 is 0 Å². The van der Waals surface area contributed by atoms with Crippen molar-refractivity contribution in [3.05, 3.63) is 0 Å². The summed E-state index contributed by atoms with van der Waals surface area (Å²) in [6, 6.07) is 0.613. The molecular weight excluding hydrogens is 164 g/mol. The minimum absolute atomic E-state index is 0.613. The van der Waals surface area contributed by atoms with E-state index in [0.29, 0.717) is 6.04 Å². The van der Waals surface area contributed by atoms with Crippen molar-refractivity contribution in [2.24, 2.45) is 5.92 Å². The van der Waals surface area contributed by atoms with E-state index in [1.165, 1.54) is 6.42 Å². The van der Waals surface area contributed by atoms with E-state index < -0.39 is 0 Å².